The predicted octanol–water partition coefficient (Wildman–Crippen LogP) is -1.23. The highest BCUT2D eigenvalue weighted by Gasteiger charge is 1.81. The lowest BCUT2D eigenvalue weighted by molar-refractivity contribution is -0.133. The summed E-state index contributed by atoms with van der Waals surface area (Å²) in [6.45, 7) is 0. The zero-order chi connectivity index (χ0) is 4.28. The maximum Gasteiger partial charge on any atom is 0.313 e. The van der Waals surface area contributed by atoms with Crippen molar-refractivity contribution in [2.24, 2.45) is 0 Å². The largest absolute Gasteiger partial charge is 0.481 e. The summed E-state index contributed by atoms with van der Waals surface area (Å²) in [6, 6.07) is 0. The smallest absolute Gasteiger partial charge is 0.313 e. The molecule has 0 heterocycles. The van der Waals surface area contributed by atoms with Crippen LogP contribution in [0.4, 0.5) is 0 Å². The first kappa shape index (κ1) is 24.4. The van der Waals surface area contributed by atoms with Crippen LogP contribution in [0.3, 0.4) is 0 Å². The van der Waals surface area contributed by atoms with Gasteiger partial charge in [0.2, 0.25) is 0 Å². The van der Waals surface area contributed by atoms with Crippen LogP contribution < -0.4 is 0 Å². The van der Waals surface area contributed by atoms with E-state index in [1.807, 2.05) is 0 Å². The highest BCUT2D eigenvalue weighted by molar-refractivity contribution is 7.81. The highest BCUT2D eigenvalue weighted by atomic mass is 35.5. The molecule has 0 saturated carbocycles. The Morgan fingerprint density at radius 1 is 1.50 bits per heavy atom. The van der Waals surface area contributed by atoms with Crippen LogP contribution in [0.2, 0.25) is 0 Å². The Morgan fingerprint density at radius 2 is 1.62 bits per heavy atom. The molecule has 0 unspecified atom stereocenters. The Kier molecular flexibility index (Phi) is 48.1. The second-order valence-corrected chi connectivity index (χ2v) is 0.868. The van der Waals surface area contributed by atoms with Crippen molar-refractivity contribution in [3.8, 4) is 0 Å². The quantitative estimate of drug-likeness (QED) is 0.475. The number of rotatable bonds is 1. The summed E-state index contributed by atoms with van der Waals surface area (Å²) >= 11 is 3.42. The third kappa shape index (κ3) is 37.0. The normalized spacial score (nSPS) is 4.62. The zero-order valence-corrected chi connectivity index (χ0v) is 5.63. The molecular formula is C2H9ClO4S. The molecule has 0 aromatic carbocycles. The summed E-state index contributed by atoms with van der Waals surface area (Å²) in [5, 5.41) is 7.65. The third-order valence-electron chi connectivity index (χ3n) is 0.135. The number of hydrogen-bond acceptors (Lipinski definition) is 2. The lowest BCUT2D eigenvalue weighted by Gasteiger charge is -1.71. The fourth-order valence-electron chi connectivity index (χ4n) is 0. The van der Waals surface area contributed by atoms with Crippen molar-refractivity contribution >= 4 is 31.0 Å². The fourth-order valence-corrected chi connectivity index (χ4v) is 0. The first-order valence-electron chi connectivity index (χ1n) is 1.10. The Balaban J connectivity index is -0.0000000267. The molecule has 0 aromatic rings. The molecule has 0 aliphatic carbocycles. The number of thiol groups is 1. The van der Waals surface area contributed by atoms with Crippen LogP contribution in [0.25, 0.3) is 0 Å². The Bertz CT molecular complexity index is 49.3. The topological polar surface area (TPSA) is 100 Å². The number of carboxylic acid groups (broad SMARTS) is 1. The molecule has 5 N–H and O–H groups in total. The van der Waals surface area contributed by atoms with E-state index in [4.69, 9.17) is 5.11 Å². The van der Waals surface area contributed by atoms with Gasteiger partial charge in [0.15, 0.2) is 0 Å². The molecule has 0 aliphatic rings. The fraction of sp³-hybridized carbons (Fsp3) is 0.500. The van der Waals surface area contributed by atoms with Gasteiger partial charge in [0.25, 0.3) is 0 Å². The summed E-state index contributed by atoms with van der Waals surface area (Å²) in [4.78, 5) is 9.29. The van der Waals surface area contributed by atoms with E-state index in [-0.39, 0.29) is 29.1 Å². The number of carbonyl (C=O) groups is 1. The first-order valence-corrected chi connectivity index (χ1v) is 1.73. The molecule has 0 saturated heterocycles. The average molecular weight is 165 g/mol. The van der Waals surface area contributed by atoms with Gasteiger partial charge in [-0.3, -0.25) is 4.79 Å². The van der Waals surface area contributed by atoms with E-state index in [1.54, 1.807) is 0 Å². The van der Waals surface area contributed by atoms with Gasteiger partial charge < -0.3 is 16.1 Å². The third-order valence-corrected chi connectivity index (χ3v) is 0.406. The minimum absolute atomic E-state index is 0. The van der Waals surface area contributed by atoms with E-state index in [0.29, 0.717) is 0 Å². The van der Waals surface area contributed by atoms with Gasteiger partial charge in [-0.05, 0) is 0 Å². The summed E-state index contributed by atoms with van der Waals surface area (Å²) in [5.74, 6) is -0.965. The minimum Gasteiger partial charge on any atom is -0.481 e. The van der Waals surface area contributed by atoms with Crippen LogP contribution in [0.1, 0.15) is 0 Å². The molecule has 4 nitrogen and oxygen atoms in total. The first-order chi connectivity index (χ1) is 2.27. The molecule has 6 heteroatoms. The van der Waals surface area contributed by atoms with E-state index in [2.05, 4.69) is 12.6 Å². The monoisotopic (exact) mass is 164 g/mol. The van der Waals surface area contributed by atoms with Crippen molar-refractivity contribution in [1.29, 1.82) is 0 Å². The summed E-state index contributed by atoms with van der Waals surface area (Å²) in [6.07, 6.45) is 0. The van der Waals surface area contributed by atoms with Crippen LogP contribution in [0.15, 0.2) is 0 Å². The molecule has 0 aromatic heterocycles. The Morgan fingerprint density at radius 3 is 1.62 bits per heavy atom. The van der Waals surface area contributed by atoms with E-state index < -0.39 is 5.97 Å². The minimum atomic E-state index is -0.881. The molecular weight excluding hydrogens is 156 g/mol. The molecule has 0 aliphatic heterocycles. The van der Waals surface area contributed by atoms with Gasteiger partial charge in [0.05, 0.1) is 5.75 Å². The van der Waals surface area contributed by atoms with E-state index >= 15 is 0 Å². The number of halogens is 1. The highest BCUT2D eigenvalue weighted by Crippen LogP contribution is 1.66. The Hall–Kier alpha value is 0.0300. The molecule has 0 radical (unpaired) electrons. The van der Waals surface area contributed by atoms with Crippen molar-refractivity contribution in [2.45, 2.75) is 0 Å². The molecule has 0 spiro atoms. The van der Waals surface area contributed by atoms with Gasteiger partial charge in [-0.25, -0.2) is 0 Å². The van der Waals surface area contributed by atoms with E-state index in [9.17, 15) is 4.79 Å². The molecule has 0 bridgehead atoms. The van der Waals surface area contributed by atoms with Crippen LogP contribution in [0, 0.1) is 0 Å². The zero-order valence-electron chi connectivity index (χ0n) is 3.92. The van der Waals surface area contributed by atoms with Gasteiger partial charge >= 0.3 is 5.97 Å². The maximum absolute atomic E-state index is 9.29. The number of hydrogen-bond donors (Lipinski definition) is 2. The Labute approximate surface area is 58.3 Å². The molecule has 0 atom stereocenters. The SMILES string of the molecule is Cl.O.O.O=C(O)CS. The van der Waals surface area contributed by atoms with Crippen molar-refractivity contribution in [3.63, 3.8) is 0 Å². The number of aliphatic carboxylic acids is 1. The van der Waals surface area contributed by atoms with Crippen LogP contribution in [0.5, 0.6) is 0 Å². The maximum atomic E-state index is 9.29. The van der Waals surface area contributed by atoms with Crippen molar-refractivity contribution in [2.75, 3.05) is 5.75 Å². The standard InChI is InChI=1S/C2H4O2S.ClH.2H2O/c3-2(4)1-5;;;/h5H,1H2,(H,3,4);1H;2*1H2. The van der Waals surface area contributed by atoms with E-state index in [1.165, 1.54) is 0 Å². The second kappa shape index (κ2) is 15.7. The van der Waals surface area contributed by atoms with Gasteiger partial charge in [0, 0.05) is 0 Å². The molecule has 8 heavy (non-hydrogen) atoms. The second-order valence-electron chi connectivity index (χ2n) is 0.552. The van der Waals surface area contributed by atoms with Crippen LogP contribution >= 0.6 is 25.0 Å². The lowest BCUT2D eigenvalue weighted by Crippen LogP contribution is -1.92. The summed E-state index contributed by atoms with van der Waals surface area (Å²) in [5.41, 5.74) is 0. The summed E-state index contributed by atoms with van der Waals surface area (Å²) < 4.78 is 0. The predicted molar refractivity (Wildman–Crippen MR) is 36.0 cm³/mol. The van der Waals surface area contributed by atoms with Crippen molar-refractivity contribution in [1.82, 2.24) is 0 Å². The van der Waals surface area contributed by atoms with Crippen molar-refractivity contribution in [3.05, 3.63) is 0 Å². The summed E-state index contributed by atoms with van der Waals surface area (Å²) in [7, 11) is 0. The van der Waals surface area contributed by atoms with Gasteiger partial charge in [-0.2, -0.15) is 12.6 Å². The molecule has 54 valence electrons. The van der Waals surface area contributed by atoms with E-state index in [0.717, 1.165) is 0 Å². The molecule has 0 fully saturated rings. The molecule has 0 amide bonds. The van der Waals surface area contributed by atoms with Crippen LogP contribution in [-0.4, -0.2) is 27.8 Å². The number of carboxylic acids is 1. The van der Waals surface area contributed by atoms with Gasteiger partial charge in [0.1, 0.15) is 0 Å². The van der Waals surface area contributed by atoms with Crippen LogP contribution in [-0.2, 0) is 4.79 Å². The van der Waals surface area contributed by atoms with Gasteiger partial charge in [-0.1, -0.05) is 0 Å². The van der Waals surface area contributed by atoms with Crippen molar-refractivity contribution < 1.29 is 20.9 Å². The average Bonchev–Trinajstić information content (AvgIpc) is 1.38. The molecule has 0 rings (SSSR count). The lowest BCUT2D eigenvalue weighted by atomic mass is 10.8. The van der Waals surface area contributed by atoms with Gasteiger partial charge in [-0.15, -0.1) is 12.4 Å².